The molecular weight excluding hydrogens is 368 g/mol. The van der Waals surface area contributed by atoms with Crippen molar-refractivity contribution < 1.29 is 4.52 Å². The fraction of sp³-hybridized carbons (Fsp3) is 0.368. The van der Waals surface area contributed by atoms with E-state index in [1.54, 1.807) is 22.8 Å². The Kier molecular flexibility index (Phi) is 4.70. The number of halogens is 1. The van der Waals surface area contributed by atoms with Crippen molar-refractivity contribution in [3.8, 4) is 11.4 Å². The van der Waals surface area contributed by atoms with Gasteiger partial charge in [0, 0.05) is 23.7 Å². The quantitative estimate of drug-likeness (QED) is 0.688. The molecule has 4 rings (SSSR count). The first-order valence-electron chi connectivity index (χ1n) is 9.02. The molecule has 0 aliphatic carbocycles. The summed E-state index contributed by atoms with van der Waals surface area (Å²) in [4.78, 5) is 30.6. The maximum atomic E-state index is 13.2. The van der Waals surface area contributed by atoms with E-state index < -0.39 is 5.56 Å². The summed E-state index contributed by atoms with van der Waals surface area (Å²) in [5.41, 5.74) is 1.14. The van der Waals surface area contributed by atoms with Crippen LogP contribution in [-0.4, -0.2) is 19.3 Å². The predicted octanol–water partition coefficient (Wildman–Crippen LogP) is 2.66. The summed E-state index contributed by atoms with van der Waals surface area (Å²) in [7, 11) is 0. The lowest BCUT2D eigenvalue weighted by Crippen LogP contribution is -2.44. The van der Waals surface area contributed by atoms with Crippen LogP contribution in [0.1, 0.15) is 36.9 Å². The molecule has 3 aromatic rings. The van der Waals surface area contributed by atoms with Crippen molar-refractivity contribution in [1.29, 1.82) is 0 Å². The lowest BCUT2D eigenvalue weighted by molar-refractivity contribution is 0.382. The third kappa shape index (κ3) is 3.23. The number of nitrogens with zero attached hydrogens (tertiary/aromatic N) is 4. The molecule has 0 N–H and O–H groups in total. The molecule has 7 nitrogen and oxygen atoms in total. The van der Waals surface area contributed by atoms with Crippen molar-refractivity contribution in [2.45, 2.75) is 45.7 Å². The molecule has 0 saturated heterocycles. The van der Waals surface area contributed by atoms with Gasteiger partial charge in [-0.1, -0.05) is 35.8 Å². The molecule has 0 unspecified atom stereocenters. The molecular formula is C19H19ClN4O3. The molecule has 1 aliphatic rings. The number of aryl methyl sites for hydroxylation is 1. The molecule has 3 heterocycles. The minimum absolute atomic E-state index is 0.143. The Morgan fingerprint density at radius 1 is 1.26 bits per heavy atom. The first-order valence-corrected chi connectivity index (χ1v) is 9.40. The van der Waals surface area contributed by atoms with Gasteiger partial charge in [-0.15, -0.1) is 0 Å². The van der Waals surface area contributed by atoms with Gasteiger partial charge in [-0.05, 0) is 37.0 Å². The zero-order chi connectivity index (χ0) is 19.0. The highest BCUT2D eigenvalue weighted by molar-refractivity contribution is 6.30. The molecule has 0 saturated carbocycles. The summed E-state index contributed by atoms with van der Waals surface area (Å²) in [5, 5.41) is 4.54. The molecule has 1 aromatic carbocycles. The summed E-state index contributed by atoms with van der Waals surface area (Å²) in [6, 6.07) is 7.14. The minimum Gasteiger partial charge on any atom is -0.339 e. The lowest BCUT2D eigenvalue weighted by atomic mass is 10.0. The standard InChI is InChI=1S/C19H19ClN4O3/c1-2-15-21-17(22-27-15)16-14-8-3-4-9-23(14)19(26)24(18(16)25)11-12-6-5-7-13(20)10-12/h5-7,10H,2-4,8-9,11H2,1H3. The zero-order valence-electron chi connectivity index (χ0n) is 14.9. The minimum atomic E-state index is -0.392. The number of hydrogen-bond donors (Lipinski definition) is 0. The van der Waals surface area contributed by atoms with E-state index >= 15 is 0 Å². The highest BCUT2D eigenvalue weighted by Crippen LogP contribution is 2.22. The SMILES string of the molecule is CCc1nc(-c2c3n(c(=O)n(Cc4cccc(Cl)c4)c2=O)CCCC3)no1. The Balaban J connectivity index is 1.93. The van der Waals surface area contributed by atoms with Crippen LogP contribution in [-0.2, 0) is 25.9 Å². The Hall–Kier alpha value is -2.67. The number of hydrogen-bond acceptors (Lipinski definition) is 5. The first kappa shape index (κ1) is 17.7. The van der Waals surface area contributed by atoms with Gasteiger partial charge >= 0.3 is 5.69 Å². The van der Waals surface area contributed by atoms with Crippen LogP contribution >= 0.6 is 11.6 Å². The average Bonchev–Trinajstić information content (AvgIpc) is 3.14. The smallest absolute Gasteiger partial charge is 0.331 e. The second-order valence-corrected chi connectivity index (χ2v) is 7.04. The zero-order valence-corrected chi connectivity index (χ0v) is 15.7. The van der Waals surface area contributed by atoms with E-state index in [0.717, 1.165) is 18.4 Å². The van der Waals surface area contributed by atoms with E-state index in [4.69, 9.17) is 16.1 Å². The normalized spacial score (nSPS) is 13.6. The summed E-state index contributed by atoms with van der Waals surface area (Å²) in [5.74, 6) is 0.717. The van der Waals surface area contributed by atoms with Crippen molar-refractivity contribution >= 4 is 11.6 Å². The number of benzene rings is 1. The van der Waals surface area contributed by atoms with Crippen LogP contribution in [0.4, 0.5) is 0 Å². The van der Waals surface area contributed by atoms with Crippen LogP contribution in [0.15, 0.2) is 38.4 Å². The van der Waals surface area contributed by atoms with Gasteiger partial charge in [-0.3, -0.25) is 13.9 Å². The van der Waals surface area contributed by atoms with Crippen LogP contribution in [0.2, 0.25) is 5.02 Å². The summed E-state index contributed by atoms with van der Waals surface area (Å²) in [6.07, 6.45) is 3.04. The summed E-state index contributed by atoms with van der Waals surface area (Å²) < 4.78 is 8.11. The summed E-state index contributed by atoms with van der Waals surface area (Å²) >= 11 is 6.05. The third-order valence-corrected chi connectivity index (χ3v) is 5.04. The van der Waals surface area contributed by atoms with E-state index in [0.29, 0.717) is 41.6 Å². The molecule has 0 bridgehead atoms. The molecule has 0 radical (unpaired) electrons. The van der Waals surface area contributed by atoms with Crippen molar-refractivity contribution in [2.24, 2.45) is 0 Å². The molecule has 140 valence electrons. The fourth-order valence-electron chi connectivity index (χ4n) is 3.48. The van der Waals surface area contributed by atoms with E-state index in [1.807, 2.05) is 13.0 Å². The molecule has 0 fully saturated rings. The van der Waals surface area contributed by atoms with Gasteiger partial charge < -0.3 is 4.52 Å². The second-order valence-electron chi connectivity index (χ2n) is 6.60. The lowest BCUT2D eigenvalue weighted by Gasteiger charge is -2.21. The molecule has 2 aromatic heterocycles. The van der Waals surface area contributed by atoms with E-state index in [-0.39, 0.29) is 18.1 Å². The number of aromatic nitrogens is 4. The molecule has 0 amide bonds. The second kappa shape index (κ2) is 7.15. The predicted molar refractivity (Wildman–Crippen MR) is 101 cm³/mol. The van der Waals surface area contributed by atoms with Gasteiger partial charge in [0.1, 0.15) is 5.56 Å². The Morgan fingerprint density at radius 3 is 2.85 bits per heavy atom. The molecule has 0 spiro atoms. The van der Waals surface area contributed by atoms with Crippen molar-refractivity contribution in [1.82, 2.24) is 19.3 Å². The maximum Gasteiger partial charge on any atom is 0.331 e. The van der Waals surface area contributed by atoms with Crippen molar-refractivity contribution in [3.05, 3.63) is 67.3 Å². The molecule has 0 atom stereocenters. The highest BCUT2D eigenvalue weighted by atomic mass is 35.5. The van der Waals surface area contributed by atoms with Gasteiger partial charge in [0.2, 0.25) is 11.7 Å². The molecule has 1 aliphatic heterocycles. The van der Waals surface area contributed by atoms with E-state index in [1.165, 1.54) is 4.57 Å². The van der Waals surface area contributed by atoms with Gasteiger partial charge in [-0.2, -0.15) is 4.98 Å². The largest absolute Gasteiger partial charge is 0.339 e. The van der Waals surface area contributed by atoms with Crippen LogP contribution in [0, 0.1) is 0 Å². The third-order valence-electron chi connectivity index (χ3n) is 4.80. The highest BCUT2D eigenvalue weighted by Gasteiger charge is 2.25. The maximum absolute atomic E-state index is 13.2. The van der Waals surface area contributed by atoms with Gasteiger partial charge in [0.05, 0.1) is 6.54 Å². The number of rotatable bonds is 4. The van der Waals surface area contributed by atoms with E-state index in [2.05, 4.69) is 10.1 Å². The van der Waals surface area contributed by atoms with Crippen molar-refractivity contribution in [3.63, 3.8) is 0 Å². The Bertz CT molecular complexity index is 1110. The fourth-order valence-corrected chi connectivity index (χ4v) is 3.69. The Morgan fingerprint density at radius 2 is 2.11 bits per heavy atom. The summed E-state index contributed by atoms with van der Waals surface area (Å²) in [6.45, 7) is 2.62. The Labute approximate surface area is 160 Å². The van der Waals surface area contributed by atoms with Gasteiger partial charge in [0.15, 0.2) is 0 Å². The van der Waals surface area contributed by atoms with Gasteiger partial charge in [0.25, 0.3) is 5.56 Å². The van der Waals surface area contributed by atoms with Gasteiger partial charge in [-0.25, -0.2) is 4.79 Å². The van der Waals surface area contributed by atoms with Crippen LogP contribution < -0.4 is 11.2 Å². The topological polar surface area (TPSA) is 82.9 Å². The molecule has 8 heteroatoms. The van der Waals surface area contributed by atoms with Crippen molar-refractivity contribution in [2.75, 3.05) is 0 Å². The van der Waals surface area contributed by atoms with Crippen LogP contribution in [0.5, 0.6) is 0 Å². The first-order chi connectivity index (χ1) is 13.1. The van der Waals surface area contributed by atoms with Crippen LogP contribution in [0.25, 0.3) is 11.4 Å². The monoisotopic (exact) mass is 386 g/mol. The molecule has 27 heavy (non-hydrogen) atoms. The van der Waals surface area contributed by atoms with Crippen LogP contribution in [0.3, 0.4) is 0 Å². The number of fused-ring (bicyclic) bond motifs is 1. The van der Waals surface area contributed by atoms with E-state index in [9.17, 15) is 9.59 Å². The average molecular weight is 387 g/mol.